The minimum Gasteiger partial charge on any atom is -0.375 e. The summed E-state index contributed by atoms with van der Waals surface area (Å²) >= 11 is 0. The molecule has 2 heterocycles. The van der Waals surface area contributed by atoms with Gasteiger partial charge in [0.2, 0.25) is 0 Å². The van der Waals surface area contributed by atoms with Crippen LogP contribution in [0.25, 0.3) is 0 Å². The fourth-order valence-corrected chi connectivity index (χ4v) is 3.41. The molecule has 0 aliphatic carbocycles. The van der Waals surface area contributed by atoms with E-state index in [0.717, 1.165) is 56.1 Å². The average Bonchev–Trinajstić information content (AvgIpc) is 2.73. The average molecular weight is 368 g/mol. The second-order valence-electron chi connectivity index (χ2n) is 6.73. The molecule has 3 rings (SSSR count). The topological polar surface area (TPSA) is 57.7 Å². The van der Waals surface area contributed by atoms with Gasteiger partial charge in [-0.2, -0.15) is 0 Å². The number of hydrogen-bond donors (Lipinski definition) is 1. The van der Waals surface area contributed by atoms with Crippen LogP contribution >= 0.6 is 0 Å². The second-order valence-corrected chi connectivity index (χ2v) is 6.73. The number of nitrogens with zero attached hydrogens (tertiary/aromatic N) is 3. The number of aromatic nitrogens is 1. The van der Waals surface area contributed by atoms with E-state index in [4.69, 9.17) is 4.74 Å². The molecule has 0 radical (unpaired) electrons. The number of anilines is 1. The van der Waals surface area contributed by atoms with Crippen LogP contribution in [0.3, 0.4) is 0 Å². The molecule has 27 heavy (non-hydrogen) atoms. The summed E-state index contributed by atoms with van der Waals surface area (Å²) in [5.74, 6) is 0.000438. The van der Waals surface area contributed by atoms with Gasteiger partial charge in [0.25, 0.3) is 5.91 Å². The molecule has 0 bridgehead atoms. The lowest BCUT2D eigenvalue weighted by Crippen LogP contribution is -2.37. The van der Waals surface area contributed by atoms with E-state index in [2.05, 4.69) is 27.3 Å². The number of fused-ring (bicyclic) bond motifs is 1. The molecule has 0 saturated carbocycles. The lowest BCUT2D eigenvalue weighted by Gasteiger charge is -2.26. The van der Waals surface area contributed by atoms with Crippen molar-refractivity contribution < 1.29 is 9.53 Å². The van der Waals surface area contributed by atoms with Crippen LogP contribution in [0.4, 0.5) is 5.69 Å². The van der Waals surface area contributed by atoms with E-state index < -0.39 is 0 Å². The van der Waals surface area contributed by atoms with E-state index in [-0.39, 0.29) is 12.5 Å². The summed E-state index contributed by atoms with van der Waals surface area (Å²) in [6, 6.07) is 14.1. The third-order valence-electron chi connectivity index (χ3n) is 4.74. The predicted octanol–water partition coefficient (Wildman–Crippen LogP) is 2.06. The number of ether oxygens (including phenoxy) is 1. The summed E-state index contributed by atoms with van der Waals surface area (Å²) in [6.07, 6.45) is 2.73. The second kappa shape index (κ2) is 10.2. The highest BCUT2D eigenvalue weighted by Gasteiger charge is 2.19. The summed E-state index contributed by atoms with van der Waals surface area (Å²) in [4.78, 5) is 21.3. The highest BCUT2D eigenvalue weighted by molar-refractivity contribution is 5.95. The van der Waals surface area contributed by atoms with Crippen LogP contribution in [0, 0.1) is 0 Å². The van der Waals surface area contributed by atoms with Crippen molar-refractivity contribution in [2.24, 2.45) is 0 Å². The van der Waals surface area contributed by atoms with Crippen molar-refractivity contribution in [1.82, 2.24) is 15.2 Å². The fraction of sp³-hybridized carbons (Fsp3) is 0.429. The van der Waals surface area contributed by atoms with Gasteiger partial charge in [-0.05, 0) is 30.2 Å². The van der Waals surface area contributed by atoms with E-state index in [1.54, 1.807) is 7.11 Å². The van der Waals surface area contributed by atoms with Gasteiger partial charge in [-0.25, -0.2) is 0 Å². The minimum absolute atomic E-state index is 0.000438. The Labute approximate surface area is 161 Å². The monoisotopic (exact) mass is 368 g/mol. The van der Waals surface area contributed by atoms with Crippen molar-refractivity contribution in [2.75, 3.05) is 44.8 Å². The molecule has 0 saturated heterocycles. The van der Waals surface area contributed by atoms with E-state index in [0.29, 0.717) is 6.54 Å². The molecule has 1 N–H and O–H groups in total. The summed E-state index contributed by atoms with van der Waals surface area (Å²) in [5.41, 5.74) is 3.19. The van der Waals surface area contributed by atoms with Crippen LogP contribution in [0.15, 0.2) is 48.7 Å². The van der Waals surface area contributed by atoms with Crippen molar-refractivity contribution in [3.8, 4) is 0 Å². The molecule has 6 nitrogen and oxygen atoms in total. The smallest absolute Gasteiger partial charge is 0.252 e. The van der Waals surface area contributed by atoms with Gasteiger partial charge in [0.15, 0.2) is 0 Å². The zero-order valence-electron chi connectivity index (χ0n) is 15.9. The zero-order chi connectivity index (χ0) is 18.9. The molecule has 6 heteroatoms. The molecule has 2 aromatic rings. The van der Waals surface area contributed by atoms with E-state index >= 15 is 0 Å². The predicted molar refractivity (Wildman–Crippen MR) is 107 cm³/mol. The molecular weight excluding hydrogens is 340 g/mol. The first-order valence-electron chi connectivity index (χ1n) is 9.48. The largest absolute Gasteiger partial charge is 0.375 e. The van der Waals surface area contributed by atoms with E-state index in [9.17, 15) is 4.79 Å². The molecule has 1 amide bonds. The van der Waals surface area contributed by atoms with Crippen LogP contribution in [-0.2, 0) is 22.6 Å². The van der Waals surface area contributed by atoms with Gasteiger partial charge in [0.05, 0.1) is 5.69 Å². The molecule has 1 aliphatic rings. The maximum atomic E-state index is 12.6. The Bertz CT molecular complexity index is 723. The number of nitrogens with one attached hydrogen (secondary N) is 1. The van der Waals surface area contributed by atoms with Crippen LogP contribution in [0.5, 0.6) is 0 Å². The molecule has 144 valence electrons. The number of carbonyl (C=O) groups excluding carboxylic acids is 1. The normalized spacial score (nSPS) is 16.4. The number of methoxy groups -OCH3 is 1. The van der Waals surface area contributed by atoms with Gasteiger partial charge >= 0.3 is 0 Å². The fourth-order valence-electron chi connectivity index (χ4n) is 3.41. The molecule has 0 fully saturated rings. The van der Waals surface area contributed by atoms with Crippen molar-refractivity contribution in [2.45, 2.75) is 19.5 Å². The lowest BCUT2D eigenvalue weighted by molar-refractivity contribution is -0.122. The van der Waals surface area contributed by atoms with Crippen molar-refractivity contribution in [3.05, 3.63) is 59.9 Å². The summed E-state index contributed by atoms with van der Waals surface area (Å²) in [6.45, 7) is 5.10. The highest BCUT2D eigenvalue weighted by atomic mass is 16.5. The number of pyridine rings is 1. The Hall–Kier alpha value is -2.28. The first kappa shape index (κ1) is 19.5. The van der Waals surface area contributed by atoms with Gasteiger partial charge in [0.1, 0.15) is 6.61 Å². The van der Waals surface area contributed by atoms with Gasteiger partial charge in [-0.15, -0.1) is 0 Å². The lowest BCUT2D eigenvalue weighted by atomic mass is 10.1. The van der Waals surface area contributed by atoms with E-state index in [1.807, 2.05) is 41.4 Å². The van der Waals surface area contributed by atoms with Crippen molar-refractivity contribution >= 4 is 11.6 Å². The van der Waals surface area contributed by atoms with Crippen LogP contribution in [0.2, 0.25) is 0 Å². The number of rotatable bonds is 4. The minimum atomic E-state index is 0.000438. The Balaban J connectivity index is 1.74. The number of amides is 1. The number of benzene rings is 1. The maximum absolute atomic E-state index is 12.6. The molecular formula is C21H28N4O2. The maximum Gasteiger partial charge on any atom is 0.252 e. The Morgan fingerprint density at radius 2 is 2.00 bits per heavy atom. The van der Waals surface area contributed by atoms with Gasteiger partial charge in [-0.1, -0.05) is 24.3 Å². The first-order valence-corrected chi connectivity index (χ1v) is 9.48. The Kier molecular flexibility index (Phi) is 7.33. The van der Waals surface area contributed by atoms with Crippen molar-refractivity contribution in [3.63, 3.8) is 0 Å². The summed E-state index contributed by atoms with van der Waals surface area (Å²) < 4.78 is 5.10. The summed E-state index contributed by atoms with van der Waals surface area (Å²) in [5, 5.41) is 3.51. The van der Waals surface area contributed by atoms with Gasteiger partial charge < -0.3 is 15.0 Å². The Morgan fingerprint density at radius 1 is 1.15 bits per heavy atom. The molecule has 0 spiro atoms. The third-order valence-corrected chi connectivity index (χ3v) is 4.74. The third kappa shape index (κ3) is 5.60. The summed E-state index contributed by atoms with van der Waals surface area (Å²) in [7, 11) is 1.56. The first-order chi connectivity index (χ1) is 13.3. The van der Waals surface area contributed by atoms with Gasteiger partial charge in [-0.3, -0.25) is 14.7 Å². The Morgan fingerprint density at radius 3 is 2.81 bits per heavy atom. The molecule has 1 aromatic heterocycles. The van der Waals surface area contributed by atoms with Crippen molar-refractivity contribution in [1.29, 1.82) is 0 Å². The van der Waals surface area contributed by atoms with Crippen LogP contribution in [0.1, 0.15) is 17.7 Å². The molecule has 1 aliphatic heterocycles. The highest BCUT2D eigenvalue weighted by Crippen LogP contribution is 2.21. The van der Waals surface area contributed by atoms with Crippen LogP contribution in [-0.4, -0.2) is 55.7 Å². The number of hydrogen-bond acceptors (Lipinski definition) is 5. The molecule has 0 unspecified atom stereocenters. The number of carbonyl (C=O) groups is 1. The standard InChI is InChI=1S/C21H28N4O2/c1-27-17-21(26)25-13-6-12-24(16-19-8-4-5-10-23-19)14-11-22-15-18-7-2-3-9-20(18)25/h2-5,7-10,22H,6,11-17H2,1H3. The van der Waals surface area contributed by atoms with E-state index in [1.165, 1.54) is 0 Å². The molecule has 1 aromatic carbocycles. The van der Waals surface area contributed by atoms with Crippen LogP contribution < -0.4 is 10.2 Å². The quantitative estimate of drug-likeness (QED) is 0.895. The van der Waals surface area contributed by atoms with Gasteiger partial charge in [0, 0.05) is 58.3 Å². The number of para-hydroxylation sites is 1. The zero-order valence-corrected chi connectivity index (χ0v) is 15.9. The molecule has 0 atom stereocenters. The SMILES string of the molecule is COCC(=O)N1CCCN(Cc2ccccn2)CCNCc2ccccc21.